The van der Waals surface area contributed by atoms with Crippen LogP contribution in [0, 0.1) is 35.1 Å². The van der Waals surface area contributed by atoms with Crippen LogP contribution in [0.2, 0.25) is 5.02 Å². The van der Waals surface area contributed by atoms with Crippen molar-refractivity contribution in [1.82, 2.24) is 30.2 Å². The second-order valence-electron chi connectivity index (χ2n) is 20.1. The van der Waals surface area contributed by atoms with Gasteiger partial charge in [-0.2, -0.15) is 5.10 Å². The molecular formula is C53H57ClF4N8O7. The van der Waals surface area contributed by atoms with Gasteiger partial charge in [0.05, 0.1) is 22.6 Å². The molecule has 1 saturated carbocycles. The maximum Gasteiger partial charge on any atom is 0.329 e. The van der Waals surface area contributed by atoms with Crippen molar-refractivity contribution in [2.24, 2.45) is 24.6 Å². The number of likely N-dealkylation sites (tertiary alicyclic amines) is 2. The van der Waals surface area contributed by atoms with Crippen LogP contribution in [0.4, 0.5) is 28.2 Å². The molecule has 4 fully saturated rings. The lowest BCUT2D eigenvalue weighted by molar-refractivity contribution is -0.143. The van der Waals surface area contributed by atoms with E-state index in [1.807, 2.05) is 42.2 Å². The number of imide groups is 1. The first kappa shape index (κ1) is 50.3. The van der Waals surface area contributed by atoms with Gasteiger partial charge in [0.2, 0.25) is 17.7 Å². The summed E-state index contributed by atoms with van der Waals surface area (Å²) in [6, 6.07) is 13.7. The van der Waals surface area contributed by atoms with Gasteiger partial charge in [-0.25, -0.2) is 22.4 Å². The number of nitrogens with one attached hydrogen (secondary N) is 2. The molecule has 10 rings (SSSR count). The predicted molar refractivity (Wildman–Crippen MR) is 263 cm³/mol. The molecule has 5 heterocycles. The first-order valence-corrected chi connectivity index (χ1v) is 25.3. The topological polar surface area (TPSA) is 185 Å². The number of nitrogens with two attached hydrogens (primary N) is 1. The van der Waals surface area contributed by atoms with Crippen LogP contribution < -0.4 is 30.7 Å². The van der Waals surface area contributed by atoms with Gasteiger partial charge in [-0.15, -0.1) is 0 Å². The molecule has 0 radical (unpaired) electrons. The second-order valence-corrected chi connectivity index (χ2v) is 20.5. The zero-order valence-corrected chi connectivity index (χ0v) is 41.3. The Hall–Kier alpha value is -6.28. The van der Waals surface area contributed by atoms with Crippen molar-refractivity contribution >= 4 is 52.1 Å². The number of aromatic nitrogens is 2. The number of aryl methyl sites for hydroxylation is 1. The van der Waals surface area contributed by atoms with Gasteiger partial charge in [0, 0.05) is 98.3 Å². The molecule has 386 valence electrons. The van der Waals surface area contributed by atoms with Crippen LogP contribution in [0.25, 0.3) is 22.0 Å². The molecule has 0 bridgehead atoms. The van der Waals surface area contributed by atoms with Crippen molar-refractivity contribution < 1.29 is 51.3 Å². The minimum absolute atomic E-state index is 0.0213. The predicted octanol–water partition coefficient (Wildman–Crippen LogP) is 7.24. The summed E-state index contributed by atoms with van der Waals surface area (Å²) in [5, 5.41) is 19.4. The largest absolute Gasteiger partial charge is 0.488 e. The van der Waals surface area contributed by atoms with Crippen LogP contribution in [-0.2, 0) is 22.2 Å². The molecule has 4 aromatic carbocycles. The fraction of sp³-hybridized carbons (Fsp3) is 0.453. The van der Waals surface area contributed by atoms with E-state index in [9.17, 15) is 24.3 Å². The van der Waals surface area contributed by atoms with Gasteiger partial charge in [-0.1, -0.05) is 48.9 Å². The van der Waals surface area contributed by atoms with Crippen molar-refractivity contribution in [2.75, 3.05) is 63.9 Å². The number of fused-ring (bicyclic) bond motifs is 2. The molecule has 0 spiro atoms. The summed E-state index contributed by atoms with van der Waals surface area (Å²) in [7, 11) is 1.55. The number of aliphatic hydroxyl groups excluding tert-OH is 1. The minimum Gasteiger partial charge on any atom is -0.488 e. The maximum absolute atomic E-state index is 16.5. The van der Waals surface area contributed by atoms with E-state index in [4.69, 9.17) is 26.8 Å². The van der Waals surface area contributed by atoms with Gasteiger partial charge in [0.25, 0.3) is 0 Å². The van der Waals surface area contributed by atoms with E-state index >= 15 is 17.6 Å². The second kappa shape index (κ2) is 20.2. The molecule has 1 aromatic heterocycles. The third-order valence-electron chi connectivity index (χ3n) is 15.7. The van der Waals surface area contributed by atoms with Gasteiger partial charge in [0.1, 0.15) is 29.5 Å². The fourth-order valence-corrected chi connectivity index (χ4v) is 12.2. The Balaban J connectivity index is 0.747. The van der Waals surface area contributed by atoms with E-state index in [-0.39, 0.29) is 106 Å². The number of carbonyl (C=O) groups is 4. The third kappa shape index (κ3) is 9.16. The highest BCUT2D eigenvalue weighted by molar-refractivity contribution is 6.34. The molecule has 5 aliphatic rings. The number of halogens is 5. The number of anilines is 1. The number of carbonyl (C=O) groups excluding carboxylic acids is 4. The highest BCUT2D eigenvalue weighted by Crippen LogP contribution is 2.56. The van der Waals surface area contributed by atoms with E-state index in [0.29, 0.717) is 57.4 Å². The number of rotatable bonds is 14. The monoisotopic (exact) mass is 1030 g/mol. The lowest BCUT2D eigenvalue weighted by atomic mass is 9.77. The zero-order valence-electron chi connectivity index (χ0n) is 40.5. The van der Waals surface area contributed by atoms with Crippen LogP contribution in [-0.4, -0.2) is 114 Å². The average Bonchev–Trinajstić information content (AvgIpc) is 3.84. The molecule has 15 nitrogen and oxygen atoms in total. The number of primary amides is 1. The van der Waals surface area contributed by atoms with Crippen LogP contribution in [0.5, 0.6) is 11.5 Å². The Bertz CT molecular complexity index is 3000. The van der Waals surface area contributed by atoms with Gasteiger partial charge >= 0.3 is 6.03 Å². The number of ether oxygens (including phenoxy) is 2. The normalized spacial score (nSPS) is 22.8. The van der Waals surface area contributed by atoms with Crippen molar-refractivity contribution in [3.05, 3.63) is 105 Å². The number of piperidine rings is 1. The molecule has 1 aliphatic carbocycles. The molecule has 2 atom stereocenters. The van der Waals surface area contributed by atoms with Crippen molar-refractivity contribution in [2.45, 2.75) is 75.3 Å². The molecule has 20 heteroatoms. The molecule has 73 heavy (non-hydrogen) atoms. The SMILES string of the molecule is CC1c2c(cc(F)c(Cl)c2-c2c(C(N)=O)ccc(OCCO)c2F)OC1(CNC1CCC(C(=O)N2CC(CN3CCC(c4c(F)cc5c(N6CCC(=O)NC6=O)nn(C)c5c4F)CC3)C2)CC1)c1ccccc1. The molecule has 2 unspecified atom stereocenters. The molecule has 5 aromatic rings. The minimum atomic E-state index is -1.14. The summed E-state index contributed by atoms with van der Waals surface area (Å²) in [6.07, 6.45) is 3.98. The number of hydrogen-bond acceptors (Lipinski definition) is 10. The lowest BCUT2D eigenvalue weighted by Gasteiger charge is -2.45. The Kier molecular flexibility index (Phi) is 13.9. The number of urea groups is 1. The zero-order chi connectivity index (χ0) is 51.5. The summed E-state index contributed by atoms with van der Waals surface area (Å²) in [4.78, 5) is 56.3. The van der Waals surface area contributed by atoms with Crippen LogP contribution in [0.1, 0.15) is 90.8 Å². The number of benzene rings is 4. The van der Waals surface area contributed by atoms with E-state index in [1.54, 1.807) is 7.05 Å². The van der Waals surface area contributed by atoms with Crippen molar-refractivity contribution in [3.8, 4) is 22.6 Å². The van der Waals surface area contributed by atoms with E-state index < -0.39 is 64.3 Å². The summed E-state index contributed by atoms with van der Waals surface area (Å²) in [6.45, 7) is 4.96. The third-order valence-corrected chi connectivity index (χ3v) is 16.1. The number of aliphatic hydroxyl groups is 1. The quantitative estimate of drug-likeness (QED) is 0.0827. The molecule has 4 aliphatic heterocycles. The van der Waals surface area contributed by atoms with Gasteiger partial charge in [-0.3, -0.25) is 29.3 Å². The Morgan fingerprint density at radius 2 is 1.67 bits per heavy atom. The van der Waals surface area contributed by atoms with Gasteiger partial charge < -0.3 is 35.4 Å². The van der Waals surface area contributed by atoms with E-state index in [2.05, 4.69) is 20.6 Å². The fourth-order valence-electron chi connectivity index (χ4n) is 11.9. The first-order chi connectivity index (χ1) is 35.1. The maximum atomic E-state index is 16.5. The van der Waals surface area contributed by atoms with Crippen LogP contribution in [0.3, 0.4) is 0 Å². The van der Waals surface area contributed by atoms with E-state index in [0.717, 1.165) is 24.9 Å². The number of amides is 5. The van der Waals surface area contributed by atoms with Crippen molar-refractivity contribution in [3.63, 3.8) is 0 Å². The standard InChI is InChI=1S/C53H57ClF4N8O7/c1-28-41-39(23-37(56)45(54)44(41)43-34(49(59)69)12-13-38(46(43)57)72-21-20-67)73-53(28,32-6-4-3-5-7-32)27-60-33-10-8-31(9-11-33)51(70)65-25-29(26-65)24-64-17-14-30(15-18-64)42-36(55)22-35-48(47(42)58)63(2)62-50(35)66-19-16-40(68)61-52(66)71/h3-7,12-13,22-23,28-31,33,60,67H,8-11,14-21,24-27H2,1-2H3,(H2,59,69)(H,61,68,71). The molecule has 3 saturated heterocycles. The molecular weight excluding hydrogens is 972 g/mol. The van der Waals surface area contributed by atoms with Crippen LogP contribution in [0.15, 0.2) is 54.6 Å². The average molecular weight is 1030 g/mol. The smallest absolute Gasteiger partial charge is 0.329 e. The highest BCUT2D eigenvalue weighted by atomic mass is 35.5. The van der Waals surface area contributed by atoms with Crippen LogP contribution >= 0.6 is 11.6 Å². The van der Waals surface area contributed by atoms with Gasteiger partial charge in [0.15, 0.2) is 28.8 Å². The molecule has 5 N–H and O–H groups in total. The summed E-state index contributed by atoms with van der Waals surface area (Å²) in [5.74, 6) is -5.29. The van der Waals surface area contributed by atoms with Gasteiger partial charge in [-0.05, 0) is 81.3 Å². The lowest BCUT2D eigenvalue weighted by Crippen LogP contribution is -2.56. The first-order valence-electron chi connectivity index (χ1n) is 24.9. The Morgan fingerprint density at radius 3 is 2.36 bits per heavy atom. The summed E-state index contributed by atoms with van der Waals surface area (Å²) in [5.41, 5.74) is 5.26. The Morgan fingerprint density at radius 1 is 0.945 bits per heavy atom. The summed E-state index contributed by atoms with van der Waals surface area (Å²) >= 11 is 6.70. The number of nitrogens with zero attached hydrogens (tertiary/aromatic N) is 5. The summed E-state index contributed by atoms with van der Waals surface area (Å²) < 4.78 is 77.8. The highest BCUT2D eigenvalue weighted by Gasteiger charge is 2.50. The number of hydrogen-bond donors (Lipinski definition) is 4. The van der Waals surface area contributed by atoms with Crippen molar-refractivity contribution in [1.29, 1.82) is 0 Å². The molecule has 5 amide bonds. The van der Waals surface area contributed by atoms with E-state index in [1.165, 1.54) is 33.8 Å². The Labute approximate surface area is 423 Å².